The van der Waals surface area contributed by atoms with Gasteiger partial charge >= 0.3 is 0 Å². The molecule has 1 amide bonds. The van der Waals surface area contributed by atoms with E-state index >= 15 is 0 Å². The Morgan fingerprint density at radius 2 is 2.12 bits per heavy atom. The van der Waals surface area contributed by atoms with Crippen molar-refractivity contribution in [3.8, 4) is 5.75 Å². The maximum atomic E-state index is 11.2. The average Bonchev–Trinajstić information content (AvgIpc) is 3.10. The Kier molecular flexibility index (Phi) is 3.64. The smallest absolute Gasteiger partial charge is 0.238 e. The molecule has 4 heteroatoms. The van der Waals surface area contributed by atoms with Crippen LogP contribution in [0.4, 0.5) is 0 Å². The van der Waals surface area contributed by atoms with Gasteiger partial charge in [0.25, 0.3) is 0 Å². The van der Waals surface area contributed by atoms with Crippen LogP contribution in [0.5, 0.6) is 5.75 Å². The highest BCUT2D eigenvalue weighted by Crippen LogP contribution is 2.19. The largest absolute Gasteiger partial charge is 0.491 e. The number of carbonyl (C=O) groups is 1. The van der Waals surface area contributed by atoms with Crippen LogP contribution in [-0.4, -0.2) is 24.6 Å². The molecule has 1 aromatic carbocycles. The zero-order valence-corrected chi connectivity index (χ0v) is 9.98. The molecule has 0 heterocycles. The van der Waals surface area contributed by atoms with Crippen LogP contribution in [0.3, 0.4) is 0 Å². The number of primary amides is 1. The number of hydrogen-bond acceptors (Lipinski definition) is 3. The van der Waals surface area contributed by atoms with Crippen molar-refractivity contribution in [1.82, 2.24) is 5.32 Å². The molecule has 1 aromatic rings. The lowest BCUT2D eigenvalue weighted by Gasteiger charge is -2.15. The van der Waals surface area contributed by atoms with Gasteiger partial charge in [0.2, 0.25) is 5.91 Å². The van der Waals surface area contributed by atoms with E-state index in [1.807, 2.05) is 31.2 Å². The summed E-state index contributed by atoms with van der Waals surface area (Å²) in [4.78, 5) is 11.2. The molecule has 0 spiro atoms. The predicted molar refractivity (Wildman–Crippen MR) is 65.8 cm³/mol. The van der Waals surface area contributed by atoms with E-state index in [4.69, 9.17) is 10.5 Å². The first-order chi connectivity index (χ1) is 8.15. The molecule has 0 radical (unpaired) electrons. The van der Waals surface area contributed by atoms with Gasteiger partial charge in [-0.3, -0.25) is 4.79 Å². The van der Waals surface area contributed by atoms with Gasteiger partial charge in [-0.15, -0.1) is 0 Å². The van der Waals surface area contributed by atoms with Gasteiger partial charge < -0.3 is 15.8 Å². The SMILES string of the molecule is Cc1ccc(OCC(NC2CC2)C(N)=O)cc1. The molecular formula is C13H18N2O2. The molecule has 1 aliphatic carbocycles. The van der Waals surface area contributed by atoms with Crippen LogP contribution in [0.2, 0.25) is 0 Å². The number of hydrogen-bond donors (Lipinski definition) is 2. The van der Waals surface area contributed by atoms with Gasteiger partial charge in [0.15, 0.2) is 0 Å². The fraction of sp³-hybridized carbons (Fsp3) is 0.462. The standard InChI is InChI=1S/C13H18N2O2/c1-9-2-6-11(7-3-9)17-8-12(13(14)16)15-10-4-5-10/h2-3,6-7,10,12,15H,4-5,8H2,1H3,(H2,14,16). The Morgan fingerprint density at radius 1 is 1.47 bits per heavy atom. The summed E-state index contributed by atoms with van der Waals surface area (Å²) in [5.41, 5.74) is 6.50. The molecule has 0 bridgehead atoms. The molecule has 0 saturated heterocycles. The van der Waals surface area contributed by atoms with Crippen molar-refractivity contribution in [3.63, 3.8) is 0 Å². The third-order valence-corrected chi connectivity index (χ3v) is 2.80. The van der Waals surface area contributed by atoms with E-state index < -0.39 is 6.04 Å². The van der Waals surface area contributed by atoms with Crippen molar-refractivity contribution in [1.29, 1.82) is 0 Å². The molecule has 1 atom stereocenters. The molecular weight excluding hydrogens is 216 g/mol. The Bertz CT molecular complexity index is 385. The first kappa shape index (κ1) is 11.9. The Morgan fingerprint density at radius 3 is 2.65 bits per heavy atom. The minimum absolute atomic E-state index is 0.287. The van der Waals surface area contributed by atoms with Gasteiger partial charge in [0, 0.05) is 6.04 Å². The minimum atomic E-state index is -0.399. The summed E-state index contributed by atoms with van der Waals surface area (Å²) in [6, 6.07) is 7.78. The molecule has 1 saturated carbocycles. The summed E-state index contributed by atoms with van der Waals surface area (Å²) in [6.07, 6.45) is 2.24. The second-order valence-electron chi connectivity index (χ2n) is 4.52. The van der Waals surface area contributed by atoms with Gasteiger partial charge in [-0.25, -0.2) is 0 Å². The Balaban J connectivity index is 1.85. The summed E-state index contributed by atoms with van der Waals surface area (Å²) in [5, 5.41) is 3.17. The van der Waals surface area contributed by atoms with Gasteiger partial charge in [-0.05, 0) is 31.9 Å². The third-order valence-electron chi connectivity index (χ3n) is 2.80. The number of ether oxygens (including phenoxy) is 1. The number of carbonyl (C=O) groups excluding carboxylic acids is 1. The number of aryl methyl sites for hydroxylation is 1. The van der Waals surface area contributed by atoms with Gasteiger partial charge in [-0.2, -0.15) is 0 Å². The maximum Gasteiger partial charge on any atom is 0.238 e. The molecule has 1 aliphatic rings. The predicted octanol–water partition coefficient (Wildman–Crippen LogP) is 0.980. The molecule has 17 heavy (non-hydrogen) atoms. The van der Waals surface area contributed by atoms with E-state index in [2.05, 4.69) is 5.32 Å². The van der Waals surface area contributed by atoms with Crippen LogP contribution in [-0.2, 0) is 4.79 Å². The van der Waals surface area contributed by atoms with Crippen LogP contribution < -0.4 is 15.8 Å². The van der Waals surface area contributed by atoms with Crippen molar-refractivity contribution in [2.75, 3.05) is 6.61 Å². The van der Waals surface area contributed by atoms with Crippen LogP contribution in [0.1, 0.15) is 18.4 Å². The zero-order valence-electron chi connectivity index (χ0n) is 9.98. The van der Waals surface area contributed by atoms with Crippen molar-refractivity contribution in [2.24, 2.45) is 5.73 Å². The number of rotatable bonds is 6. The summed E-state index contributed by atoms with van der Waals surface area (Å²) in [7, 11) is 0. The Hall–Kier alpha value is -1.55. The molecule has 3 N–H and O–H groups in total. The van der Waals surface area contributed by atoms with E-state index in [0.717, 1.165) is 18.6 Å². The second kappa shape index (κ2) is 5.19. The highest BCUT2D eigenvalue weighted by Gasteiger charge is 2.27. The first-order valence-corrected chi connectivity index (χ1v) is 5.90. The molecule has 0 aliphatic heterocycles. The first-order valence-electron chi connectivity index (χ1n) is 5.90. The lowest BCUT2D eigenvalue weighted by molar-refractivity contribution is -0.120. The van der Waals surface area contributed by atoms with E-state index in [-0.39, 0.29) is 12.5 Å². The molecule has 0 aromatic heterocycles. The number of nitrogens with one attached hydrogen (secondary N) is 1. The summed E-state index contributed by atoms with van der Waals surface area (Å²) in [5.74, 6) is 0.406. The summed E-state index contributed by atoms with van der Waals surface area (Å²) >= 11 is 0. The Labute approximate surface area is 101 Å². The average molecular weight is 234 g/mol. The van der Waals surface area contributed by atoms with Crippen LogP contribution in [0.15, 0.2) is 24.3 Å². The monoisotopic (exact) mass is 234 g/mol. The highest BCUT2D eigenvalue weighted by atomic mass is 16.5. The van der Waals surface area contributed by atoms with Crippen molar-refractivity contribution in [3.05, 3.63) is 29.8 Å². The van der Waals surface area contributed by atoms with Gasteiger partial charge in [0.05, 0.1) is 0 Å². The quantitative estimate of drug-likeness (QED) is 0.771. The third kappa shape index (κ3) is 3.75. The lowest BCUT2D eigenvalue weighted by Crippen LogP contribution is -2.46. The van der Waals surface area contributed by atoms with Crippen LogP contribution in [0, 0.1) is 6.92 Å². The normalized spacial score (nSPS) is 16.5. The highest BCUT2D eigenvalue weighted by molar-refractivity contribution is 5.80. The lowest BCUT2D eigenvalue weighted by atomic mass is 10.2. The van der Waals surface area contributed by atoms with Gasteiger partial charge in [-0.1, -0.05) is 17.7 Å². The fourth-order valence-corrected chi connectivity index (χ4v) is 1.56. The molecule has 4 nitrogen and oxygen atoms in total. The maximum absolute atomic E-state index is 11.2. The second-order valence-corrected chi connectivity index (χ2v) is 4.52. The van der Waals surface area contributed by atoms with Gasteiger partial charge in [0.1, 0.15) is 18.4 Å². The number of amides is 1. The summed E-state index contributed by atoms with van der Waals surface area (Å²) < 4.78 is 5.55. The molecule has 92 valence electrons. The zero-order chi connectivity index (χ0) is 12.3. The summed E-state index contributed by atoms with van der Waals surface area (Å²) in [6.45, 7) is 2.31. The van der Waals surface area contributed by atoms with Crippen molar-refractivity contribution in [2.45, 2.75) is 31.8 Å². The number of nitrogens with two attached hydrogens (primary N) is 1. The van der Waals surface area contributed by atoms with E-state index in [9.17, 15) is 4.79 Å². The number of benzene rings is 1. The van der Waals surface area contributed by atoms with E-state index in [1.165, 1.54) is 5.56 Å². The molecule has 1 fully saturated rings. The van der Waals surface area contributed by atoms with Crippen LogP contribution in [0.25, 0.3) is 0 Å². The van der Waals surface area contributed by atoms with E-state index in [0.29, 0.717) is 6.04 Å². The molecule has 1 unspecified atom stereocenters. The fourth-order valence-electron chi connectivity index (χ4n) is 1.56. The topological polar surface area (TPSA) is 64.3 Å². The molecule has 2 rings (SSSR count). The van der Waals surface area contributed by atoms with E-state index in [1.54, 1.807) is 0 Å². The van der Waals surface area contributed by atoms with Crippen molar-refractivity contribution < 1.29 is 9.53 Å². The van der Waals surface area contributed by atoms with Crippen molar-refractivity contribution >= 4 is 5.91 Å². The van der Waals surface area contributed by atoms with Crippen LogP contribution >= 0.6 is 0 Å². The minimum Gasteiger partial charge on any atom is -0.491 e.